The Morgan fingerprint density at radius 2 is 1.00 bits per heavy atom. The Balaban J connectivity index is 1.41. The molecule has 0 spiro atoms. The standard InChI is InChI=1S/C37H28N2/c1-25-10-8-11-26(2)36(25)39-35-24-32-15-7-6-14-31(32)23-34(35)38-37(39)33-17-9-16-30(22-33)29-20-18-28(19-21-29)27-12-4-3-5-13-27/h3-24H,1-2H3. The molecule has 39 heavy (non-hydrogen) atoms. The van der Waals surface area contributed by atoms with Crippen LogP contribution < -0.4 is 0 Å². The molecule has 0 saturated carbocycles. The van der Waals surface area contributed by atoms with Gasteiger partial charge in [0, 0.05) is 5.56 Å². The average Bonchev–Trinajstić information content (AvgIpc) is 3.34. The first-order valence-electron chi connectivity index (χ1n) is 13.4. The Morgan fingerprint density at radius 1 is 0.462 bits per heavy atom. The van der Waals surface area contributed by atoms with Gasteiger partial charge in [0.25, 0.3) is 0 Å². The van der Waals surface area contributed by atoms with Gasteiger partial charge in [-0.2, -0.15) is 0 Å². The zero-order chi connectivity index (χ0) is 26.3. The third-order valence-electron chi connectivity index (χ3n) is 7.63. The number of aryl methyl sites for hydroxylation is 2. The molecule has 0 unspecified atom stereocenters. The Bertz CT molecular complexity index is 1940. The number of para-hydroxylation sites is 1. The Kier molecular flexibility index (Phi) is 5.60. The summed E-state index contributed by atoms with van der Waals surface area (Å²) in [6, 6.07) is 47.6. The van der Waals surface area contributed by atoms with Gasteiger partial charge in [0.1, 0.15) is 5.82 Å². The Labute approximate surface area is 228 Å². The topological polar surface area (TPSA) is 17.8 Å². The van der Waals surface area contributed by atoms with Crippen LogP contribution in [-0.4, -0.2) is 9.55 Å². The third kappa shape index (κ3) is 4.11. The van der Waals surface area contributed by atoms with E-state index in [0.717, 1.165) is 22.4 Å². The first-order valence-corrected chi connectivity index (χ1v) is 13.4. The average molecular weight is 501 g/mol. The van der Waals surface area contributed by atoms with E-state index in [1.54, 1.807) is 0 Å². The van der Waals surface area contributed by atoms with Crippen LogP contribution in [0.15, 0.2) is 133 Å². The molecular formula is C37H28N2. The van der Waals surface area contributed by atoms with Crippen LogP contribution in [0.4, 0.5) is 0 Å². The minimum absolute atomic E-state index is 0.959. The van der Waals surface area contributed by atoms with Crippen molar-refractivity contribution >= 4 is 21.8 Å². The summed E-state index contributed by atoms with van der Waals surface area (Å²) >= 11 is 0. The molecule has 0 bridgehead atoms. The van der Waals surface area contributed by atoms with Crippen molar-refractivity contribution in [3.05, 3.63) is 145 Å². The van der Waals surface area contributed by atoms with E-state index in [-0.39, 0.29) is 0 Å². The predicted molar refractivity (Wildman–Crippen MR) is 164 cm³/mol. The summed E-state index contributed by atoms with van der Waals surface area (Å²) in [4.78, 5) is 5.24. The molecule has 0 atom stereocenters. The summed E-state index contributed by atoms with van der Waals surface area (Å²) in [5, 5.41) is 2.42. The number of benzene rings is 6. The van der Waals surface area contributed by atoms with E-state index in [0.29, 0.717) is 0 Å². The molecule has 0 saturated heterocycles. The Hall–Kier alpha value is -4.95. The summed E-state index contributed by atoms with van der Waals surface area (Å²) in [5.41, 5.74) is 11.7. The summed E-state index contributed by atoms with van der Waals surface area (Å²) in [5.74, 6) is 0.959. The van der Waals surface area contributed by atoms with Crippen molar-refractivity contribution < 1.29 is 0 Å². The second-order valence-corrected chi connectivity index (χ2v) is 10.2. The molecule has 0 fully saturated rings. The van der Waals surface area contributed by atoms with Gasteiger partial charge in [-0.15, -0.1) is 0 Å². The molecule has 0 radical (unpaired) electrons. The van der Waals surface area contributed by atoms with E-state index < -0.39 is 0 Å². The fourth-order valence-electron chi connectivity index (χ4n) is 5.67. The van der Waals surface area contributed by atoms with Crippen molar-refractivity contribution in [2.75, 3.05) is 0 Å². The monoisotopic (exact) mass is 500 g/mol. The van der Waals surface area contributed by atoms with E-state index >= 15 is 0 Å². The smallest absolute Gasteiger partial charge is 0.145 e. The minimum atomic E-state index is 0.959. The SMILES string of the molecule is Cc1cccc(C)c1-n1c(-c2cccc(-c3ccc(-c4ccccc4)cc3)c2)nc2cc3ccccc3cc21. The number of hydrogen-bond donors (Lipinski definition) is 0. The van der Waals surface area contributed by atoms with Gasteiger partial charge in [-0.25, -0.2) is 4.98 Å². The van der Waals surface area contributed by atoms with Crippen LogP contribution in [0.1, 0.15) is 11.1 Å². The lowest BCUT2D eigenvalue weighted by atomic mass is 9.99. The Morgan fingerprint density at radius 3 is 1.72 bits per heavy atom. The largest absolute Gasteiger partial charge is 0.292 e. The van der Waals surface area contributed by atoms with Crippen molar-refractivity contribution in [1.82, 2.24) is 9.55 Å². The van der Waals surface area contributed by atoms with Gasteiger partial charge < -0.3 is 0 Å². The third-order valence-corrected chi connectivity index (χ3v) is 7.63. The van der Waals surface area contributed by atoms with Crippen molar-refractivity contribution in [3.63, 3.8) is 0 Å². The zero-order valence-corrected chi connectivity index (χ0v) is 22.1. The highest BCUT2D eigenvalue weighted by Gasteiger charge is 2.18. The number of imidazole rings is 1. The molecule has 0 aliphatic rings. The fraction of sp³-hybridized carbons (Fsp3) is 0.0541. The number of fused-ring (bicyclic) bond motifs is 2. The van der Waals surface area contributed by atoms with Crippen LogP contribution in [0.5, 0.6) is 0 Å². The summed E-state index contributed by atoms with van der Waals surface area (Å²) in [6.07, 6.45) is 0. The molecular weight excluding hydrogens is 472 g/mol. The molecule has 186 valence electrons. The van der Waals surface area contributed by atoms with E-state index in [1.807, 2.05) is 0 Å². The molecule has 2 heteroatoms. The molecule has 0 aliphatic carbocycles. The molecule has 0 amide bonds. The van der Waals surface area contributed by atoms with E-state index in [4.69, 9.17) is 4.98 Å². The van der Waals surface area contributed by atoms with Crippen molar-refractivity contribution in [3.8, 4) is 39.3 Å². The summed E-state index contributed by atoms with van der Waals surface area (Å²) in [7, 11) is 0. The predicted octanol–water partition coefficient (Wildman–Crippen LogP) is 9.80. The summed E-state index contributed by atoms with van der Waals surface area (Å²) in [6.45, 7) is 4.37. The maximum Gasteiger partial charge on any atom is 0.145 e. The lowest BCUT2D eigenvalue weighted by Crippen LogP contribution is -2.02. The van der Waals surface area contributed by atoms with Crippen LogP contribution in [0.25, 0.3) is 61.1 Å². The lowest BCUT2D eigenvalue weighted by molar-refractivity contribution is 1.06. The second-order valence-electron chi connectivity index (χ2n) is 10.2. The summed E-state index contributed by atoms with van der Waals surface area (Å²) < 4.78 is 2.35. The van der Waals surface area contributed by atoms with Crippen LogP contribution in [-0.2, 0) is 0 Å². The molecule has 1 aromatic heterocycles. The maximum absolute atomic E-state index is 5.24. The first kappa shape index (κ1) is 23.2. The van der Waals surface area contributed by atoms with E-state index in [2.05, 4.69) is 152 Å². The number of rotatable bonds is 4. The van der Waals surface area contributed by atoms with Gasteiger partial charge in [-0.1, -0.05) is 115 Å². The minimum Gasteiger partial charge on any atom is -0.292 e. The van der Waals surface area contributed by atoms with Gasteiger partial charge in [0.05, 0.1) is 16.7 Å². The quantitative estimate of drug-likeness (QED) is 0.235. The molecule has 1 heterocycles. The number of hydrogen-bond acceptors (Lipinski definition) is 1. The van der Waals surface area contributed by atoms with Gasteiger partial charge in [0.2, 0.25) is 0 Å². The van der Waals surface area contributed by atoms with Gasteiger partial charge in [-0.3, -0.25) is 4.57 Å². The molecule has 2 nitrogen and oxygen atoms in total. The highest BCUT2D eigenvalue weighted by atomic mass is 15.1. The van der Waals surface area contributed by atoms with Crippen LogP contribution in [0, 0.1) is 13.8 Å². The second kappa shape index (κ2) is 9.41. The lowest BCUT2D eigenvalue weighted by Gasteiger charge is -2.16. The van der Waals surface area contributed by atoms with Gasteiger partial charge in [-0.05, 0) is 76.2 Å². The molecule has 7 aromatic rings. The number of nitrogens with zero attached hydrogens (tertiary/aromatic N) is 2. The van der Waals surface area contributed by atoms with Crippen LogP contribution >= 0.6 is 0 Å². The maximum atomic E-state index is 5.24. The normalized spacial score (nSPS) is 11.3. The first-order chi connectivity index (χ1) is 19.2. The van der Waals surface area contributed by atoms with Crippen molar-refractivity contribution in [1.29, 1.82) is 0 Å². The fourth-order valence-corrected chi connectivity index (χ4v) is 5.67. The van der Waals surface area contributed by atoms with Crippen LogP contribution in [0.3, 0.4) is 0 Å². The molecule has 0 aliphatic heterocycles. The van der Waals surface area contributed by atoms with E-state index in [9.17, 15) is 0 Å². The number of aromatic nitrogens is 2. The highest BCUT2D eigenvalue weighted by Crippen LogP contribution is 2.35. The van der Waals surface area contributed by atoms with Crippen molar-refractivity contribution in [2.45, 2.75) is 13.8 Å². The van der Waals surface area contributed by atoms with Crippen LogP contribution in [0.2, 0.25) is 0 Å². The molecule has 0 N–H and O–H groups in total. The highest BCUT2D eigenvalue weighted by molar-refractivity contribution is 5.97. The van der Waals surface area contributed by atoms with Gasteiger partial charge >= 0.3 is 0 Å². The van der Waals surface area contributed by atoms with Crippen molar-refractivity contribution in [2.24, 2.45) is 0 Å². The molecule has 7 rings (SSSR count). The van der Waals surface area contributed by atoms with Gasteiger partial charge in [0.15, 0.2) is 0 Å². The molecule has 6 aromatic carbocycles. The van der Waals surface area contributed by atoms with E-state index in [1.165, 1.54) is 49.8 Å². The zero-order valence-electron chi connectivity index (χ0n) is 22.1.